The summed E-state index contributed by atoms with van der Waals surface area (Å²) in [4.78, 5) is 28.0. The Labute approximate surface area is 163 Å². The van der Waals surface area contributed by atoms with Crippen molar-refractivity contribution in [3.63, 3.8) is 0 Å². The molecule has 3 aromatic heterocycles. The van der Waals surface area contributed by atoms with Crippen molar-refractivity contribution in [3.05, 3.63) is 37.0 Å². The largest absolute Gasteiger partial charge is 0.466 e. The van der Waals surface area contributed by atoms with E-state index in [1.54, 1.807) is 18.7 Å². The van der Waals surface area contributed by atoms with E-state index >= 15 is 0 Å². The zero-order valence-electron chi connectivity index (χ0n) is 16.0. The Morgan fingerprint density at radius 1 is 1.39 bits per heavy atom. The number of hydrogen-bond acceptors (Lipinski definition) is 7. The molecular weight excluding hydrogens is 358 g/mol. The third kappa shape index (κ3) is 3.49. The Morgan fingerprint density at radius 3 is 3.00 bits per heavy atom. The second kappa shape index (κ2) is 7.84. The van der Waals surface area contributed by atoms with Crippen molar-refractivity contribution in [2.24, 2.45) is 13.0 Å². The average Bonchev–Trinajstić information content (AvgIpc) is 3.40. The first-order chi connectivity index (χ1) is 13.7. The van der Waals surface area contributed by atoms with E-state index in [-0.39, 0.29) is 11.9 Å². The second-order valence-corrected chi connectivity index (χ2v) is 6.81. The molecule has 0 radical (unpaired) electrons. The van der Waals surface area contributed by atoms with Crippen molar-refractivity contribution in [2.75, 3.05) is 24.6 Å². The first-order valence-electron chi connectivity index (χ1n) is 9.47. The highest BCUT2D eigenvalue weighted by Crippen LogP contribution is 2.31. The van der Waals surface area contributed by atoms with Gasteiger partial charge in [0.25, 0.3) is 0 Å². The molecule has 0 bridgehead atoms. The fraction of sp³-hybridized carbons (Fsp3) is 0.400. The number of anilines is 1. The summed E-state index contributed by atoms with van der Waals surface area (Å²) in [6.07, 6.45) is 8.73. The summed E-state index contributed by atoms with van der Waals surface area (Å²) in [5.74, 6) is 1.70. The first kappa shape index (κ1) is 18.2. The van der Waals surface area contributed by atoms with Crippen LogP contribution in [0.1, 0.15) is 19.8 Å². The van der Waals surface area contributed by atoms with Gasteiger partial charge in [0.1, 0.15) is 11.5 Å². The van der Waals surface area contributed by atoms with Gasteiger partial charge in [0.05, 0.1) is 24.4 Å². The Bertz CT molecular complexity index is 951. The third-order valence-corrected chi connectivity index (χ3v) is 4.92. The number of imidazole rings is 1. The van der Waals surface area contributed by atoms with Crippen molar-refractivity contribution < 1.29 is 13.9 Å². The highest BCUT2D eigenvalue weighted by atomic mass is 16.5. The van der Waals surface area contributed by atoms with Crippen LogP contribution in [0.15, 0.2) is 41.4 Å². The van der Waals surface area contributed by atoms with Gasteiger partial charge in [-0.3, -0.25) is 4.79 Å². The van der Waals surface area contributed by atoms with E-state index in [1.807, 2.05) is 41.8 Å². The van der Waals surface area contributed by atoms with Gasteiger partial charge in [-0.05, 0) is 31.9 Å². The van der Waals surface area contributed by atoms with Crippen LogP contribution in [0, 0.1) is 5.92 Å². The predicted molar refractivity (Wildman–Crippen MR) is 104 cm³/mol. The number of nitrogens with zero attached hydrogens (tertiary/aromatic N) is 5. The molecule has 0 saturated carbocycles. The lowest BCUT2D eigenvalue weighted by atomic mass is 9.98. The van der Waals surface area contributed by atoms with E-state index in [0.717, 1.165) is 30.8 Å². The molecule has 1 fully saturated rings. The number of ether oxygens (including phenoxy) is 1. The minimum atomic E-state index is -0.154. The molecule has 3 aromatic rings. The Hall–Kier alpha value is -3.16. The molecular formula is C20H23N5O3. The van der Waals surface area contributed by atoms with Gasteiger partial charge in [-0.25, -0.2) is 15.0 Å². The molecule has 4 rings (SSSR count). The monoisotopic (exact) mass is 381 g/mol. The molecule has 28 heavy (non-hydrogen) atoms. The summed E-state index contributed by atoms with van der Waals surface area (Å²) in [5, 5.41) is 0. The van der Waals surface area contributed by atoms with Gasteiger partial charge in [0.15, 0.2) is 5.76 Å². The molecule has 0 unspecified atom stereocenters. The van der Waals surface area contributed by atoms with Gasteiger partial charge in [-0.1, -0.05) is 0 Å². The third-order valence-electron chi connectivity index (χ3n) is 4.92. The number of carbonyl (C=O) groups is 1. The van der Waals surface area contributed by atoms with Gasteiger partial charge in [-0.15, -0.1) is 0 Å². The van der Waals surface area contributed by atoms with Crippen LogP contribution < -0.4 is 4.90 Å². The van der Waals surface area contributed by atoms with E-state index in [9.17, 15) is 4.79 Å². The van der Waals surface area contributed by atoms with Crippen molar-refractivity contribution >= 4 is 11.9 Å². The first-order valence-corrected chi connectivity index (χ1v) is 9.47. The number of esters is 1. The summed E-state index contributed by atoms with van der Waals surface area (Å²) in [5.41, 5.74) is 1.48. The molecule has 0 aromatic carbocycles. The van der Waals surface area contributed by atoms with Crippen molar-refractivity contribution in [1.29, 1.82) is 0 Å². The molecule has 4 heterocycles. The molecule has 0 N–H and O–H groups in total. The van der Waals surface area contributed by atoms with Crippen LogP contribution in [0.5, 0.6) is 0 Å². The molecule has 1 aliphatic rings. The molecule has 1 aliphatic heterocycles. The molecule has 0 amide bonds. The maximum Gasteiger partial charge on any atom is 0.310 e. The number of rotatable bonds is 5. The van der Waals surface area contributed by atoms with Crippen LogP contribution >= 0.6 is 0 Å². The molecule has 1 saturated heterocycles. The predicted octanol–water partition coefficient (Wildman–Crippen LogP) is 2.92. The Kier molecular flexibility index (Phi) is 5.10. The molecule has 146 valence electrons. The quantitative estimate of drug-likeness (QED) is 0.628. The van der Waals surface area contributed by atoms with Gasteiger partial charge in [0, 0.05) is 38.7 Å². The maximum absolute atomic E-state index is 12.2. The van der Waals surface area contributed by atoms with E-state index < -0.39 is 0 Å². The van der Waals surface area contributed by atoms with Crippen LogP contribution in [0.2, 0.25) is 0 Å². The topological polar surface area (TPSA) is 86.3 Å². The maximum atomic E-state index is 12.2. The van der Waals surface area contributed by atoms with Crippen molar-refractivity contribution in [3.8, 4) is 22.8 Å². The van der Waals surface area contributed by atoms with Crippen LogP contribution in [-0.4, -0.2) is 45.2 Å². The highest BCUT2D eigenvalue weighted by Gasteiger charge is 2.29. The van der Waals surface area contributed by atoms with Gasteiger partial charge in [-0.2, -0.15) is 0 Å². The SMILES string of the molecule is CCOC(=O)[C@@H]1CCCN(c2ncc(-c3nccn3C)c(-c3ccco3)n2)C1. The standard InChI is InChI=1S/C20H23N5O3/c1-3-27-19(26)14-6-4-9-25(13-14)20-22-12-15(18-21-8-10-24(18)2)17(23-20)16-7-5-11-28-16/h5,7-8,10-12,14H,3-4,6,9,13H2,1-2H3/t14-/m1/s1. The fourth-order valence-electron chi connectivity index (χ4n) is 3.53. The zero-order chi connectivity index (χ0) is 19.5. The molecule has 0 aliphatic carbocycles. The Balaban J connectivity index is 1.68. The molecule has 0 spiro atoms. The van der Waals surface area contributed by atoms with Crippen molar-refractivity contribution in [1.82, 2.24) is 19.5 Å². The smallest absolute Gasteiger partial charge is 0.310 e. The van der Waals surface area contributed by atoms with Crippen molar-refractivity contribution in [2.45, 2.75) is 19.8 Å². The highest BCUT2D eigenvalue weighted by molar-refractivity contribution is 5.76. The van der Waals surface area contributed by atoms with E-state index in [1.165, 1.54) is 0 Å². The number of carbonyl (C=O) groups excluding carboxylic acids is 1. The zero-order valence-corrected chi connectivity index (χ0v) is 16.0. The van der Waals surface area contributed by atoms with Crippen LogP contribution in [0.25, 0.3) is 22.8 Å². The summed E-state index contributed by atoms with van der Waals surface area (Å²) in [6, 6.07) is 3.70. The number of aromatic nitrogens is 4. The lowest BCUT2D eigenvalue weighted by Gasteiger charge is -2.31. The average molecular weight is 381 g/mol. The summed E-state index contributed by atoms with van der Waals surface area (Å²) in [6.45, 7) is 3.58. The summed E-state index contributed by atoms with van der Waals surface area (Å²) < 4.78 is 12.7. The summed E-state index contributed by atoms with van der Waals surface area (Å²) >= 11 is 0. The number of aryl methyl sites for hydroxylation is 1. The van der Waals surface area contributed by atoms with Crippen LogP contribution in [-0.2, 0) is 16.6 Å². The van der Waals surface area contributed by atoms with E-state index in [0.29, 0.717) is 30.6 Å². The summed E-state index contributed by atoms with van der Waals surface area (Å²) in [7, 11) is 1.93. The fourth-order valence-corrected chi connectivity index (χ4v) is 3.53. The molecule has 8 heteroatoms. The minimum absolute atomic E-state index is 0.150. The van der Waals surface area contributed by atoms with E-state index in [2.05, 4.69) is 9.97 Å². The molecule has 8 nitrogen and oxygen atoms in total. The van der Waals surface area contributed by atoms with Crippen LogP contribution in [0.4, 0.5) is 5.95 Å². The van der Waals surface area contributed by atoms with E-state index in [4.69, 9.17) is 14.1 Å². The Morgan fingerprint density at radius 2 is 2.29 bits per heavy atom. The molecule has 1 atom stereocenters. The normalized spacial score (nSPS) is 16.9. The lowest BCUT2D eigenvalue weighted by molar-refractivity contribution is -0.148. The van der Waals surface area contributed by atoms with Crippen LogP contribution in [0.3, 0.4) is 0 Å². The minimum Gasteiger partial charge on any atom is -0.466 e. The number of piperidine rings is 1. The van der Waals surface area contributed by atoms with Gasteiger partial charge >= 0.3 is 5.97 Å². The van der Waals surface area contributed by atoms with Gasteiger partial charge < -0.3 is 18.6 Å². The number of furan rings is 1. The van der Waals surface area contributed by atoms with Gasteiger partial charge in [0.2, 0.25) is 5.95 Å². The number of hydrogen-bond donors (Lipinski definition) is 0. The second-order valence-electron chi connectivity index (χ2n) is 6.81. The lowest BCUT2D eigenvalue weighted by Crippen LogP contribution is -2.40.